The molecule has 134 valence electrons. The molecule has 2 aromatic rings. The van der Waals surface area contributed by atoms with Crippen LogP contribution in [-0.2, 0) is 20.7 Å². The van der Waals surface area contributed by atoms with Crippen LogP contribution in [0.2, 0.25) is 0 Å². The molecule has 1 unspecified atom stereocenters. The Morgan fingerprint density at radius 3 is 2.64 bits per heavy atom. The highest BCUT2D eigenvalue weighted by molar-refractivity contribution is 8.02. The Morgan fingerprint density at radius 1 is 1.28 bits per heavy atom. The number of benzene rings is 1. The van der Waals surface area contributed by atoms with Crippen molar-refractivity contribution >= 4 is 40.1 Å². The van der Waals surface area contributed by atoms with Crippen molar-refractivity contribution in [3.63, 3.8) is 0 Å². The second kappa shape index (κ2) is 9.47. The first-order chi connectivity index (χ1) is 12.0. The summed E-state index contributed by atoms with van der Waals surface area (Å²) in [5.74, 6) is -0.897. The number of anilines is 1. The number of hydrogen-bond acceptors (Lipinski definition) is 7. The molecule has 1 aromatic heterocycles. The zero-order valence-electron chi connectivity index (χ0n) is 13.8. The van der Waals surface area contributed by atoms with Crippen LogP contribution in [0, 0.1) is 5.82 Å². The fraction of sp³-hybridized carbons (Fsp3) is 0.375. The molecule has 0 fully saturated rings. The van der Waals surface area contributed by atoms with Crippen molar-refractivity contribution < 1.29 is 18.7 Å². The van der Waals surface area contributed by atoms with E-state index in [2.05, 4.69) is 15.5 Å². The van der Waals surface area contributed by atoms with Crippen LogP contribution in [0.3, 0.4) is 0 Å². The second-order valence-electron chi connectivity index (χ2n) is 4.99. The normalized spacial score (nSPS) is 11.8. The van der Waals surface area contributed by atoms with Gasteiger partial charge < -0.3 is 10.1 Å². The number of nitrogens with zero attached hydrogens (tertiary/aromatic N) is 2. The number of ether oxygens (including phenoxy) is 1. The molecule has 1 aromatic carbocycles. The third kappa shape index (κ3) is 6.09. The summed E-state index contributed by atoms with van der Waals surface area (Å²) in [6, 6.07) is 5.73. The summed E-state index contributed by atoms with van der Waals surface area (Å²) >= 11 is 2.46. The lowest BCUT2D eigenvalue weighted by molar-refractivity contribution is -0.142. The van der Waals surface area contributed by atoms with Gasteiger partial charge in [0.05, 0.1) is 13.0 Å². The van der Waals surface area contributed by atoms with E-state index in [0.717, 1.165) is 0 Å². The van der Waals surface area contributed by atoms with Crippen molar-refractivity contribution in [3.8, 4) is 0 Å². The number of nitrogens with one attached hydrogen (secondary N) is 1. The summed E-state index contributed by atoms with van der Waals surface area (Å²) in [6.07, 6.45) is 0.720. The summed E-state index contributed by atoms with van der Waals surface area (Å²) in [7, 11) is 0. The first-order valence-corrected chi connectivity index (χ1v) is 9.42. The van der Waals surface area contributed by atoms with Crippen LogP contribution in [0.4, 0.5) is 9.52 Å². The van der Waals surface area contributed by atoms with E-state index in [1.807, 2.05) is 6.92 Å². The first-order valence-electron chi connectivity index (χ1n) is 7.72. The molecule has 1 heterocycles. The standard InChI is InChI=1S/C16H18FN3O3S2/c1-3-12(14(22)23-4-2)24-16-20-19-15(25-16)18-13(21)9-10-5-7-11(17)8-6-10/h5-8,12H,3-4,9H2,1-2H3,(H,18,19,21). The van der Waals surface area contributed by atoms with Gasteiger partial charge in [0, 0.05) is 0 Å². The lowest BCUT2D eigenvalue weighted by atomic mass is 10.1. The maximum Gasteiger partial charge on any atom is 0.319 e. The van der Waals surface area contributed by atoms with E-state index in [1.54, 1.807) is 19.1 Å². The average Bonchev–Trinajstić information content (AvgIpc) is 3.01. The highest BCUT2D eigenvalue weighted by atomic mass is 32.2. The summed E-state index contributed by atoms with van der Waals surface area (Å²) in [4.78, 5) is 23.8. The predicted octanol–water partition coefficient (Wildman–Crippen LogP) is 3.29. The van der Waals surface area contributed by atoms with Gasteiger partial charge in [-0.05, 0) is 31.0 Å². The van der Waals surface area contributed by atoms with Gasteiger partial charge in [0.15, 0.2) is 4.34 Å². The topological polar surface area (TPSA) is 81.2 Å². The average molecular weight is 383 g/mol. The van der Waals surface area contributed by atoms with Gasteiger partial charge in [-0.1, -0.05) is 42.2 Å². The number of amides is 1. The zero-order chi connectivity index (χ0) is 18.2. The third-order valence-electron chi connectivity index (χ3n) is 3.09. The van der Waals surface area contributed by atoms with Gasteiger partial charge in [-0.15, -0.1) is 10.2 Å². The molecule has 0 aliphatic rings. The Morgan fingerprint density at radius 2 is 2.00 bits per heavy atom. The van der Waals surface area contributed by atoms with Gasteiger partial charge in [0.1, 0.15) is 11.1 Å². The Hall–Kier alpha value is -2.00. The van der Waals surface area contributed by atoms with Crippen LogP contribution < -0.4 is 5.32 Å². The van der Waals surface area contributed by atoms with Crippen LogP contribution >= 0.6 is 23.1 Å². The van der Waals surface area contributed by atoms with Gasteiger partial charge in [-0.3, -0.25) is 9.59 Å². The van der Waals surface area contributed by atoms with Gasteiger partial charge in [-0.2, -0.15) is 0 Å². The highest BCUT2D eigenvalue weighted by Crippen LogP contribution is 2.31. The maximum absolute atomic E-state index is 12.9. The van der Waals surface area contributed by atoms with Crippen LogP contribution in [0.5, 0.6) is 0 Å². The van der Waals surface area contributed by atoms with Gasteiger partial charge in [0.2, 0.25) is 11.0 Å². The van der Waals surface area contributed by atoms with Crippen molar-refractivity contribution in [1.29, 1.82) is 0 Å². The summed E-state index contributed by atoms with van der Waals surface area (Å²) in [5, 5.41) is 10.5. The van der Waals surface area contributed by atoms with E-state index in [-0.39, 0.29) is 29.4 Å². The fourth-order valence-corrected chi connectivity index (χ4v) is 3.85. The fourth-order valence-electron chi connectivity index (χ4n) is 1.91. The van der Waals surface area contributed by atoms with Gasteiger partial charge >= 0.3 is 5.97 Å². The number of aromatic nitrogens is 2. The van der Waals surface area contributed by atoms with Gasteiger partial charge in [0.25, 0.3) is 0 Å². The second-order valence-corrected chi connectivity index (χ2v) is 7.42. The third-order valence-corrected chi connectivity index (χ3v) is 5.36. The van der Waals surface area contributed by atoms with E-state index < -0.39 is 0 Å². The number of hydrogen-bond donors (Lipinski definition) is 1. The molecule has 2 rings (SSSR count). The van der Waals surface area contributed by atoms with Crippen molar-refractivity contribution in [2.45, 2.75) is 36.3 Å². The number of thioether (sulfide) groups is 1. The molecule has 0 spiro atoms. The minimum atomic E-state index is -0.351. The molecule has 1 amide bonds. The number of halogens is 1. The molecule has 0 bridgehead atoms. The SMILES string of the molecule is CCOC(=O)C(CC)Sc1nnc(NC(=O)Cc2ccc(F)cc2)s1. The molecular weight excluding hydrogens is 365 g/mol. The number of carbonyl (C=O) groups excluding carboxylic acids is 2. The van der Waals surface area contributed by atoms with Crippen molar-refractivity contribution in [2.75, 3.05) is 11.9 Å². The number of carbonyl (C=O) groups is 2. The van der Waals surface area contributed by atoms with Gasteiger partial charge in [-0.25, -0.2) is 4.39 Å². The highest BCUT2D eigenvalue weighted by Gasteiger charge is 2.21. The minimum Gasteiger partial charge on any atom is -0.465 e. The molecular formula is C16H18FN3O3S2. The lowest BCUT2D eigenvalue weighted by Crippen LogP contribution is -2.19. The summed E-state index contributed by atoms with van der Waals surface area (Å²) in [5.41, 5.74) is 0.700. The molecule has 6 nitrogen and oxygen atoms in total. The largest absolute Gasteiger partial charge is 0.465 e. The first kappa shape index (κ1) is 19.3. The summed E-state index contributed by atoms with van der Waals surface area (Å²) < 4.78 is 18.5. The van der Waals surface area contributed by atoms with Crippen molar-refractivity contribution in [1.82, 2.24) is 10.2 Å². The molecule has 0 saturated heterocycles. The smallest absolute Gasteiger partial charge is 0.319 e. The van der Waals surface area contributed by atoms with E-state index in [9.17, 15) is 14.0 Å². The Balaban J connectivity index is 1.90. The predicted molar refractivity (Wildman–Crippen MR) is 95.2 cm³/mol. The quantitative estimate of drug-likeness (QED) is 0.428. The van der Waals surface area contributed by atoms with E-state index in [1.165, 1.54) is 35.2 Å². The summed E-state index contributed by atoms with van der Waals surface area (Å²) in [6.45, 7) is 3.98. The molecule has 0 saturated carbocycles. The van der Waals surface area contributed by atoms with Crippen LogP contribution in [0.15, 0.2) is 28.6 Å². The Bertz CT molecular complexity index is 722. The van der Waals surface area contributed by atoms with Crippen LogP contribution in [-0.4, -0.2) is 33.9 Å². The van der Waals surface area contributed by atoms with Crippen LogP contribution in [0.25, 0.3) is 0 Å². The monoisotopic (exact) mass is 383 g/mol. The van der Waals surface area contributed by atoms with Crippen molar-refractivity contribution in [3.05, 3.63) is 35.6 Å². The molecule has 9 heteroatoms. The van der Waals surface area contributed by atoms with E-state index >= 15 is 0 Å². The molecule has 0 radical (unpaired) electrons. The Kier molecular flexibility index (Phi) is 7.32. The number of esters is 1. The van der Waals surface area contributed by atoms with E-state index in [0.29, 0.717) is 28.1 Å². The van der Waals surface area contributed by atoms with Crippen molar-refractivity contribution in [2.24, 2.45) is 0 Å². The van der Waals surface area contributed by atoms with Crippen LogP contribution in [0.1, 0.15) is 25.8 Å². The molecule has 1 atom stereocenters. The molecule has 0 aliphatic heterocycles. The zero-order valence-corrected chi connectivity index (χ0v) is 15.5. The Labute approximate surface area is 153 Å². The molecule has 25 heavy (non-hydrogen) atoms. The molecule has 0 aliphatic carbocycles. The minimum absolute atomic E-state index is 0.114. The lowest BCUT2D eigenvalue weighted by Gasteiger charge is -2.10. The molecule has 1 N–H and O–H groups in total. The maximum atomic E-state index is 12.9. The van der Waals surface area contributed by atoms with E-state index in [4.69, 9.17) is 4.74 Å². The number of rotatable bonds is 8.